The zero-order chi connectivity index (χ0) is 20.3. The molecule has 7 nitrogen and oxygen atoms in total. The Morgan fingerprint density at radius 2 is 1.89 bits per heavy atom. The third kappa shape index (κ3) is 2.45. The molecular formula is C21H27N3O4. The molecule has 7 heteroatoms. The molecule has 3 aliphatic rings. The van der Waals surface area contributed by atoms with Crippen LogP contribution >= 0.6 is 0 Å². The molecule has 1 aromatic carbocycles. The van der Waals surface area contributed by atoms with Gasteiger partial charge in [-0.15, -0.1) is 0 Å². The van der Waals surface area contributed by atoms with Crippen molar-refractivity contribution in [3.05, 3.63) is 35.4 Å². The lowest BCUT2D eigenvalue weighted by Gasteiger charge is -2.27. The van der Waals surface area contributed by atoms with Crippen molar-refractivity contribution in [3.63, 3.8) is 0 Å². The zero-order valence-electron chi connectivity index (χ0n) is 16.6. The second-order valence-corrected chi connectivity index (χ2v) is 8.70. The van der Waals surface area contributed by atoms with Crippen molar-refractivity contribution >= 4 is 17.9 Å². The summed E-state index contributed by atoms with van der Waals surface area (Å²) < 4.78 is 5.37. The van der Waals surface area contributed by atoms with Crippen LogP contribution in [0.2, 0.25) is 0 Å². The molecule has 0 radical (unpaired) electrons. The number of cyclic esters (lactones) is 1. The smallest absolute Gasteiger partial charge is 0.412 e. The van der Waals surface area contributed by atoms with Gasteiger partial charge in [0.1, 0.15) is 6.61 Å². The van der Waals surface area contributed by atoms with Gasteiger partial charge in [-0.1, -0.05) is 52.2 Å². The summed E-state index contributed by atoms with van der Waals surface area (Å²) in [6.45, 7) is 6.60. The van der Waals surface area contributed by atoms with Crippen LogP contribution in [0.5, 0.6) is 0 Å². The van der Waals surface area contributed by atoms with Crippen LogP contribution in [-0.2, 0) is 4.74 Å². The van der Waals surface area contributed by atoms with Crippen LogP contribution in [0.4, 0.5) is 4.79 Å². The molecule has 0 aromatic heterocycles. The van der Waals surface area contributed by atoms with Gasteiger partial charge < -0.3 is 15.4 Å². The average Bonchev–Trinajstić information content (AvgIpc) is 3.53. The largest absolute Gasteiger partial charge is 0.449 e. The lowest BCUT2D eigenvalue weighted by Crippen LogP contribution is -2.37. The van der Waals surface area contributed by atoms with Gasteiger partial charge in [0, 0.05) is 5.41 Å². The third-order valence-electron chi connectivity index (χ3n) is 6.33. The van der Waals surface area contributed by atoms with E-state index in [1.54, 1.807) is 34.1 Å². The summed E-state index contributed by atoms with van der Waals surface area (Å²) >= 11 is 0. The van der Waals surface area contributed by atoms with Crippen molar-refractivity contribution in [3.8, 4) is 0 Å². The maximum atomic E-state index is 13.4. The molecule has 3 heterocycles. The van der Waals surface area contributed by atoms with Gasteiger partial charge >= 0.3 is 6.09 Å². The summed E-state index contributed by atoms with van der Waals surface area (Å²) in [6.07, 6.45) is 3.61. The zero-order valence-corrected chi connectivity index (χ0v) is 16.6. The number of nitrogens with two attached hydrogens (primary N) is 1. The Morgan fingerprint density at radius 3 is 2.50 bits per heavy atom. The van der Waals surface area contributed by atoms with Crippen molar-refractivity contribution in [2.45, 2.75) is 64.2 Å². The predicted octanol–water partition coefficient (Wildman–Crippen LogP) is 2.75. The minimum atomic E-state index is -0.629. The number of primary amides is 1. The lowest BCUT2D eigenvalue weighted by atomic mass is 9.86. The molecule has 0 saturated carbocycles. The highest BCUT2D eigenvalue weighted by Gasteiger charge is 2.90. The van der Waals surface area contributed by atoms with Gasteiger partial charge in [0.15, 0.2) is 5.66 Å². The number of rotatable bonds is 6. The Labute approximate surface area is 164 Å². The molecular weight excluding hydrogens is 358 g/mol. The van der Waals surface area contributed by atoms with Gasteiger partial charge in [-0.2, -0.15) is 0 Å². The Morgan fingerprint density at radius 1 is 1.21 bits per heavy atom. The monoisotopic (exact) mass is 385 g/mol. The molecule has 3 aliphatic heterocycles. The van der Waals surface area contributed by atoms with Gasteiger partial charge in [0.25, 0.3) is 5.91 Å². The van der Waals surface area contributed by atoms with E-state index in [0.29, 0.717) is 12.2 Å². The molecule has 1 aromatic rings. The van der Waals surface area contributed by atoms with E-state index in [1.807, 2.05) is 0 Å². The molecule has 3 fully saturated rings. The highest BCUT2D eigenvalue weighted by molar-refractivity contribution is 6.08. The summed E-state index contributed by atoms with van der Waals surface area (Å²) in [5, 5.41) is 0. The summed E-state index contributed by atoms with van der Waals surface area (Å²) in [6, 6.07) is 6.49. The van der Waals surface area contributed by atoms with Crippen molar-refractivity contribution in [1.29, 1.82) is 0 Å². The van der Waals surface area contributed by atoms with Crippen LogP contribution in [0.15, 0.2) is 24.3 Å². The summed E-state index contributed by atoms with van der Waals surface area (Å²) in [7, 11) is 0. The fraction of sp³-hybridized carbons (Fsp3) is 0.571. The van der Waals surface area contributed by atoms with Crippen LogP contribution in [0.25, 0.3) is 0 Å². The molecule has 2 N–H and O–H groups in total. The standard InChI is InChI=1S/C21H27N3O4/c1-4-5-6-11-15-21(18-20(2,3)12-28-19(27)24(18)21)23(15)17(26)14-10-8-7-9-13(14)16(22)25/h7-10,15,18H,4-6,11-12H2,1-3H3,(H2,22,25)/t15?,18-,21-,23?,24?/m1/s1. The van der Waals surface area contributed by atoms with Crippen LogP contribution < -0.4 is 5.73 Å². The molecule has 0 aliphatic carbocycles. The fourth-order valence-corrected chi connectivity index (χ4v) is 5.06. The Bertz CT molecular complexity index is 852. The number of hydrogen-bond acceptors (Lipinski definition) is 4. The Kier molecular flexibility index (Phi) is 4.17. The van der Waals surface area contributed by atoms with Crippen molar-refractivity contribution < 1.29 is 19.1 Å². The number of hydrogen-bond donors (Lipinski definition) is 1. The first-order valence-electron chi connectivity index (χ1n) is 9.97. The number of carbonyl (C=O) groups excluding carboxylic acids is 3. The number of unbranched alkanes of at least 4 members (excludes halogenated alkanes) is 2. The first-order chi connectivity index (χ1) is 13.3. The number of ether oxygens (including phenoxy) is 1. The van der Waals surface area contributed by atoms with Crippen LogP contribution in [-0.4, -0.2) is 52.1 Å². The first-order valence-corrected chi connectivity index (χ1v) is 9.97. The molecule has 0 bridgehead atoms. The molecule has 3 saturated heterocycles. The maximum Gasteiger partial charge on any atom is 0.412 e. The Hall–Kier alpha value is -2.57. The van der Waals surface area contributed by atoms with Crippen molar-refractivity contribution in [2.24, 2.45) is 11.1 Å². The summed E-state index contributed by atoms with van der Waals surface area (Å²) in [4.78, 5) is 41.2. The van der Waals surface area contributed by atoms with E-state index in [-0.39, 0.29) is 35.1 Å². The number of amides is 3. The summed E-state index contributed by atoms with van der Waals surface area (Å²) in [5.41, 5.74) is 5.12. The van der Waals surface area contributed by atoms with E-state index < -0.39 is 11.6 Å². The highest BCUT2D eigenvalue weighted by atomic mass is 16.6. The number of carbonyl (C=O) groups is 3. The van der Waals surface area contributed by atoms with Crippen LogP contribution in [0.3, 0.4) is 0 Å². The fourth-order valence-electron chi connectivity index (χ4n) is 5.06. The summed E-state index contributed by atoms with van der Waals surface area (Å²) in [5.74, 6) is -0.871. The van der Waals surface area contributed by atoms with Crippen molar-refractivity contribution in [2.75, 3.05) is 6.61 Å². The Balaban J connectivity index is 1.69. The molecule has 4 rings (SSSR count). The van der Waals surface area contributed by atoms with E-state index in [0.717, 1.165) is 25.7 Å². The second kappa shape index (κ2) is 6.22. The third-order valence-corrected chi connectivity index (χ3v) is 6.33. The molecule has 1 spiro atoms. The highest BCUT2D eigenvalue weighted by Crippen LogP contribution is 2.68. The molecule has 3 amide bonds. The predicted molar refractivity (Wildman–Crippen MR) is 103 cm³/mol. The van der Waals surface area contributed by atoms with E-state index >= 15 is 0 Å². The number of benzene rings is 1. The van der Waals surface area contributed by atoms with E-state index in [1.165, 1.54) is 0 Å². The van der Waals surface area contributed by atoms with Gasteiger partial charge in [0.2, 0.25) is 5.91 Å². The lowest BCUT2D eigenvalue weighted by molar-refractivity contribution is 0.0494. The van der Waals surface area contributed by atoms with Crippen molar-refractivity contribution in [1.82, 2.24) is 9.80 Å². The van der Waals surface area contributed by atoms with Crippen LogP contribution in [0.1, 0.15) is 67.2 Å². The molecule has 150 valence electrons. The molecule has 1 unspecified atom stereocenters. The van der Waals surface area contributed by atoms with Gasteiger partial charge in [-0.05, 0) is 18.6 Å². The van der Waals surface area contributed by atoms with E-state index in [9.17, 15) is 14.4 Å². The van der Waals surface area contributed by atoms with Gasteiger partial charge in [-0.3, -0.25) is 14.5 Å². The normalized spacial score (nSPS) is 29.3. The molecule has 28 heavy (non-hydrogen) atoms. The maximum absolute atomic E-state index is 13.4. The SMILES string of the molecule is CCCCCC1N(C(=O)c2ccccc2C(N)=O)[C@]12[C@@H]1N2C(=O)OCC1(C)C. The van der Waals surface area contributed by atoms with Crippen LogP contribution in [0, 0.1) is 5.41 Å². The molecule has 3 atom stereocenters. The second-order valence-electron chi connectivity index (χ2n) is 8.70. The van der Waals surface area contributed by atoms with Gasteiger partial charge in [-0.25, -0.2) is 4.79 Å². The van der Waals surface area contributed by atoms with E-state index in [2.05, 4.69) is 20.8 Å². The van der Waals surface area contributed by atoms with E-state index in [4.69, 9.17) is 10.5 Å². The quantitative estimate of drug-likeness (QED) is 0.602. The number of fused-ring (bicyclic) bond motifs is 3. The first kappa shape index (κ1) is 18.8. The topological polar surface area (TPSA) is 92.5 Å². The minimum absolute atomic E-state index is 0.0533. The minimum Gasteiger partial charge on any atom is -0.449 e. The number of nitrogens with zero attached hydrogens (tertiary/aromatic N) is 2. The van der Waals surface area contributed by atoms with Gasteiger partial charge in [0.05, 0.1) is 23.2 Å². The average molecular weight is 385 g/mol.